The molecule has 0 saturated heterocycles. The van der Waals surface area contributed by atoms with Crippen LogP contribution in [0.5, 0.6) is 0 Å². The smallest absolute Gasteiger partial charge is 0.0545 e. The van der Waals surface area contributed by atoms with Gasteiger partial charge in [-0.1, -0.05) is 13.8 Å². The highest BCUT2D eigenvalue weighted by Gasteiger charge is 2.48. The summed E-state index contributed by atoms with van der Waals surface area (Å²) in [5, 5.41) is 9.03. The van der Waals surface area contributed by atoms with Crippen molar-refractivity contribution in [1.82, 2.24) is 0 Å². The van der Waals surface area contributed by atoms with Gasteiger partial charge in [-0.3, -0.25) is 0 Å². The summed E-state index contributed by atoms with van der Waals surface area (Å²) in [6, 6.07) is 0. The molecular formula is C7H14O. The fourth-order valence-electron chi connectivity index (χ4n) is 1.33. The molecule has 1 saturated carbocycles. The SMILES string of the molecule is C[C@H](O)[C@H]1CC1(C)C. The summed E-state index contributed by atoms with van der Waals surface area (Å²) in [5.74, 6) is 0.572. The topological polar surface area (TPSA) is 20.2 Å². The minimum absolute atomic E-state index is 0.0926. The molecule has 1 N–H and O–H groups in total. The fourth-order valence-corrected chi connectivity index (χ4v) is 1.33. The van der Waals surface area contributed by atoms with E-state index in [0.717, 1.165) is 0 Å². The van der Waals surface area contributed by atoms with Crippen molar-refractivity contribution in [3.63, 3.8) is 0 Å². The molecule has 1 heteroatoms. The Hall–Kier alpha value is -0.0400. The van der Waals surface area contributed by atoms with E-state index in [1.807, 2.05) is 6.92 Å². The van der Waals surface area contributed by atoms with Crippen LogP contribution in [0.4, 0.5) is 0 Å². The predicted molar refractivity (Wildman–Crippen MR) is 33.6 cm³/mol. The molecule has 0 bridgehead atoms. The summed E-state index contributed by atoms with van der Waals surface area (Å²) in [6.07, 6.45) is 1.11. The molecular weight excluding hydrogens is 100 g/mol. The van der Waals surface area contributed by atoms with Crippen LogP contribution in [-0.2, 0) is 0 Å². The molecule has 0 unspecified atom stereocenters. The normalized spacial score (nSPS) is 36.8. The maximum atomic E-state index is 9.03. The van der Waals surface area contributed by atoms with Crippen LogP contribution in [0, 0.1) is 11.3 Å². The number of aliphatic hydroxyl groups excluding tert-OH is 1. The summed E-state index contributed by atoms with van der Waals surface area (Å²) in [6.45, 7) is 6.27. The van der Waals surface area contributed by atoms with Gasteiger partial charge in [0.2, 0.25) is 0 Å². The second kappa shape index (κ2) is 1.47. The molecule has 0 aliphatic heterocycles. The Kier molecular flexibility index (Phi) is 1.12. The first-order valence-corrected chi connectivity index (χ1v) is 3.22. The number of hydrogen-bond acceptors (Lipinski definition) is 1. The summed E-state index contributed by atoms with van der Waals surface area (Å²) >= 11 is 0. The average Bonchev–Trinajstić information content (AvgIpc) is 2.13. The van der Waals surface area contributed by atoms with Crippen molar-refractivity contribution >= 4 is 0 Å². The molecule has 8 heavy (non-hydrogen) atoms. The monoisotopic (exact) mass is 114 g/mol. The van der Waals surface area contributed by atoms with Crippen LogP contribution in [0.25, 0.3) is 0 Å². The molecule has 0 radical (unpaired) electrons. The number of hydrogen-bond donors (Lipinski definition) is 1. The minimum Gasteiger partial charge on any atom is -0.393 e. The molecule has 2 atom stereocenters. The largest absolute Gasteiger partial charge is 0.393 e. The number of rotatable bonds is 1. The van der Waals surface area contributed by atoms with Crippen molar-refractivity contribution in [2.75, 3.05) is 0 Å². The maximum Gasteiger partial charge on any atom is 0.0545 e. The van der Waals surface area contributed by atoms with E-state index in [1.165, 1.54) is 6.42 Å². The molecule has 1 rings (SSSR count). The van der Waals surface area contributed by atoms with Crippen LogP contribution in [-0.4, -0.2) is 11.2 Å². The molecule has 1 nitrogen and oxygen atoms in total. The quantitative estimate of drug-likeness (QED) is 0.546. The molecule has 1 aliphatic rings. The standard InChI is InChI=1S/C7H14O/c1-5(8)6-4-7(6,2)3/h5-6,8H,4H2,1-3H3/t5-,6+/m0/s1. The van der Waals surface area contributed by atoms with Gasteiger partial charge in [-0.2, -0.15) is 0 Å². The third-order valence-corrected chi connectivity index (χ3v) is 2.17. The van der Waals surface area contributed by atoms with Crippen molar-refractivity contribution in [3.05, 3.63) is 0 Å². The summed E-state index contributed by atoms with van der Waals surface area (Å²) < 4.78 is 0. The minimum atomic E-state index is -0.0926. The van der Waals surface area contributed by atoms with Gasteiger partial charge in [0.05, 0.1) is 6.10 Å². The van der Waals surface area contributed by atoms with E-state index in [-0.39, 0.29) is 6.10 Å². The van der Waals surface area contributed by atoms with E-state index in [1.54, 1.807) is 0 Å². The van der Waals surface area contributed by atoms with E-state index in [0.29, 0.717) is 11.3 Å². The lowest BCUT2D eigenvalue weighted by molar-refractivity contribution is 0.155. The molecule has 0 aromatic heterocycles. The molecule has 0 aromatic carbocycles. The molecule has 1 fully saturated rings. The highest BCUT2D eigenvalue weighted by molar-refractivity contribution is 4.97. The Labute approximate surface area is 50.7 Å². The highest BCUT2D eigenvalue weighted by Crippen LogP contribution is 2.53. The van der Waals surface area contributed by atoms with Crippen LogP contribution < -0.4 is 0 Å². The van der Waals surface area contributed by atoms with Gasteiger partial charge in [0.25, 0.3) is 0 Å². The van der Waals surface area contributed by atoms with Crippen LogP contribution in [0.3, 0.4) is 0 Å². The third-order valence-electron chi connectivity index (χ3n) is 2.17. The van der Waals surface area contributed by atoms with Gasteiger partial charge < -0.3 is 5.11 Å². The Morgan fingerprint density at radius 1 is 1.62 bits per heavy atom. The van der Waals surface area contributed by atoms with E-state index in [2.05, 4.69) is 13.8 Å². The summed E-state index contributed by atoms with van der Waals surface area (Å²) in [4.78, 5) is 0. The summed E-state index contributed by atoms with van der Waals surface area (Å²) in [7, 11) is 0. The fraction of sp³-hybridized carbons (Fsp3) is 1.00. The first kappa shape index (κ1) is 6.09. The lowest BCUT2D eigenvalue weighted by Crippen LogP contribution is -2.06. The number of aliphatic hydroxyl groups is 1. The van der Waals surface area contributed by atoms with Gasteiger partial charge in [-0.25, -0.2) is 0 Å². The zero-order chi connectivity index (χ0) is 6.36. The second-order valence-electron chi connectivity index (χ2n) is 3.54. The molecule has 0 aromatic rings. The predicted octanol–water partition coefficient (Wildman–Crippen LogP) is 1.41. The summed E-state index contributed by atoms with van der Waals surface area (Å²) in [5.41, 5.74) is 0.439. The molecule has 0 heterocycles. The Balaban J connectivity index is 2.37. The van der Waals surface area contributed by atoms with Crippen molar-refractivity contribution in [2.24, 2.45) is 11.3 Å². The van der Waals surface area contributed by atoms with E-state index >= 15 is 0 Å². The first-order valence-electron chi connectivity index (χ1n) is 3.22. The zero-order valence-electron chi connectivity index (χ0n) is 5.81. The molecule has 48 valence electrons. The Morgan fingerprint density at radius 3 is 2.00 bits per heavy atom. The van der Waals surface area contributed by atoms with Gasteiger partial charge in [0.15, 0.2) is 0 Å². The van der Waals surface area contributed by atoms with Crippen LogP contribution in [0.1, 0.15) is 27.2 Å². The van der Waals surface area contributed by atoms with Gasteiger partial charge in [0.1, 0.15) is 0 Å². The van der Waals surface area contributed by atoms with Crippen molar-refractivity contribution in [3.8, 4) is 0 Å². The van der Waals surface area contributed by atoms with Gasteiger partial charge in [-0.05, 0) is 24.7 Å². The van der Waals surface area contributed by atoms with E-state index in [4.69, 9.17) is 5.11 Å². The van der Waals surface area contributed by atoms with E-state index in [9.17, 15) is 0 Å². The lowest BCUT2D eigenvalue weighted by Gasteiger charge is -2.03. The molecule has 1 aliphatic carbocycles. The third kappa shape index (κ3) is 0.873. The highest BCUT2D eigenvalue weighted by atomic mass is 16.3. The Morgan fingerprint density at radius 2 is 2.00 bits per heavy atom. The van der Waals surface area contributed by atoms with E-state index < -0.39 is 0 Å². The van der Waals surface area contributed by atoms with Gasteiger partial charge in [0, 0.05) is 0 Å². The van der Waals surface area contributed by atoms with Crippen molar-refractivity contribution < 1.29 is 5.11 Å². The molecule has 0 amide bonds. The maximum absolute atomic E-state index is 9.03. The lowest BCUT2D eigenvalue weighted by atomic mass is 10.1. The van der Waals surface area contributed by atoms with Crippen LogP contribution >= 0.6 is 0 Å². The van der Waals surface area contributed by atoms with Crippen molar-refractivity contribution in [2.45, 2.75) is 33.3 Å². The van der Waals surface area contributed by atoms with Crippen LogP contribution in [0.15, 0.2) is 0 Å². The van der Waals surface area contributed by atoms with Gasteiger partial charge >= 0.3 is 0 Å². The average molecular weight is 114 g/mol. The van der Waals surface area contributed by atoms with Crippen LogP contribution in [0.2, 0.25) is 0 Å². The Bertz CT molecular complexity index is 94.6. The van der Waals surface area contributed by atoms with Gasteiger partial charge in [-0.15, -0.1) is 0 Å². The second-order valence-corrected chi connectivity index (χ2v) is 3.54. The zero-order valence-corrected chi connectivity index (χ0v) is 5.81. The van der Waals surface area contributed by atoms with Crippen molar-refractivity contribution in [1.29, 1.82) is 0 Å². The first-order chi connectivity index (χ1) is 3.54. The molecule has 0 spiro atoms.